The Labute approximate surface area is 84.0 Å². The molecule has 2 N–H and O–H groups in total. The van der Waals surface area contributed by atoms with Crippen molar-refractivity contribution in [3.63, 3.8) is 0 Å². The summed E-state index contributed by atoms with van der Waals surface area (Å²) in [6.07, 6.45) is 0. The van der Waals surface area contributed by atoms with Crippen molar-refractivity contribution in [2.24, 2.45) is 5.73 Å². The van der Waals surface area contributed by atoms with Crippen molar-refractivity contribution in [3.05, 3.63) is 27.9 Å². The third-order valence-corrected chi connectivity index (χ3v) is 2.59. The number of aromatic nitrogens is 1. The summed E-state index contributed by atoms with van der Waals surface area (Å²) < 4.78 is 6.05. The van der Waals surface area contributed by atoms with E-state index in [-0.39, 0.29) is 0 Å². The van der Waals surface area contributed by atoms with Crippen molar-refractivity contribution >= 4 is 26.9 Å². The van der Waals surface area contributed by atoms with Gasteiger partial charge in [0.15, 0.2) is 5.58 Å². The zero-order chi connectivity index (χ0) is 9.42. The number of aryl methyl sites for hydroxylation is 1. The second-order valence-electron chi connectivity index (χ2n) is 2.93. The van der Waals surface area contributed by atoms with Crippen molar-refractivity contribution in [2.75, 3.05) is 0 Å². The Kier molecular flexibility index (Phi) is 2.09. The second-order valence-corrected chi connectivity index (χ2v) is 3.78. The molecule has 0 amide bonds. The topological polar surface area (TPSA) is 52.0 Å². The molecule has 0 spiro atoms. The minimum absolute atomic E-state index is 0.527. The van der Waals surface area contributed by atoms with Crippen molar-refractivity contribution in [1.29, 1.82) is 0 Å². The van der Waals surface area contributed by atoms with E-state index in [1.54, 1.807) is 0 Å². The molecule has 0 aliphatic rings. The van der Waals surface area contributed by atoms with E-state index < -0.39 is 0 Å². The SMILES string of the molecule is Cc1noc2c(Br)cc(CN)cc12. The number of fused-ring (bicyclic) bond motifs is 1. The van der Waals surface area contributed by atoms with Crippen LogP contribution in [0.5, 0.6) is 0 Å². The van der Waals surface area contributed by atoms with Gasteiger partial charge in [0.2, 0.25) is 0 Å². The number of nitrogens with zero attached hydrogens (tertiary/aromatic N) is 1. The minimum Gasteiger partial charge on any atom is -0.355 e. The highest BCUT2D eigenvalue weighted by atomic mass is 79.9. The van der Waals surface area contributed by atoms with Crippen LogP contribution in [0, 0.1) is 6.92 Å². The summed E-state index contributed by atoms with van der Waals surface area (Å²) in [5.74, 6) is 0. The van der Waals surface area contributed by atoms with Crippen molar-refractivity contribution in [2.45, 2.75) is 13.5 Å². The van der Waals surface area contributed by atoms with Crippen LogP contribution in [0.1, 0.15) is 11.3 Å². The summed E-state index contributed by atoms with van der Waals surface area (Å²) in [6.45, 7) is 2.44. The van der Waals surface area contributed by atoms with Crippen LogP contribution in [0.25, 0.3) is 11.0 Å². The Morgan fingerprint density at radius 3 is 3.00 bits per heavy atom. The van der Waals surface area contributed by atoms with Crippen LogP contribution in [0.4, 0.5) is 0 Å². The second kappa shape index (κ2) is 3.12. The molecule has 2 aromatic rings. The van der Waals surface area contributed by atoms with Crippen LogP contribution < -0.4 is 5.73 Å². The lowest BCUT2D eigenvalue weighted by molar-refractivity contribution is 0.449. The van der Waals surface area contributed by atoms with Gasteiger partial charge in [-0.1, -0.05) is 5.16 Å². The molecule has 0 unspecified atom stereocenters. The number of benzene rings is 1. The van der Waals surface area contributed by atoms with Gasteiger partial charge in [0, 0.05) is 11.9 Å². The van der Waals surface area contributed by atoms with Crippen LogP contribution in [0.3, 0.4) is 0 Å². The molecular formula is C9H9BrN2O. The molecule has 1 aromatic heterocycles. The number of halogens is 1. The van der Waals surface area contributed by atoms with Gasteiger partial charge in [0.25, 0.3) is 0 Å². The molecule has 1 aromatic carbocycles. The Morgan fingerprint density at radius 1 is 1.54 bits per heavy atom. The monoisotopic (exact) mass is 240 g/mol. The van der Waals surface area contributed by atoms with Crippen molar-refractivity contribution in [1.82, 2.24) is 5.16 Å². The molecule has 0 aliphatic carbocycles. The zero-order valence-electron chi connectivity index (χ0n) is 7.17. The molecule has 68 valence electrons. The molecule has 0 fully saturated rings. The fourth-order valence-electron chi connectivity index (χ4n) is 1.29. The lowest BCUT2D eigenvalue weighted by Crippen LogP contribution is -1.95. The number of hydrogen-bond donors (Lipinski definition) is 1. The fourth-order valence-corrected chi connectivity index (χ4v) is 1.87. The highest BCUT2D eigenvalue weighted by Gasteiger charge is 2.08. The van der Waals surface area contributed by atoms with Gasteiger partial charge >= 0.3 is 0 Å². The highest BCUT2D eigenvalue weighted by Crippen LogP contribution is 2.27. The molecule has 2 rings (SSSR count). The van der Waals surface area contributed by atoms with Crippen LogP contribution in [0.15, 0.2) is 21.1 Å². The van der Waals surface area contributed by atoms with Crippen molar-refractivity contribution < 1.29 is 4.52 Å². The molecule has 0 saturated carbocycles. The summed E-state index contributed by atoms with van der Waals surface area (Å²) >= 11 is 3.41. The molecule has 1 heterocycles. The van der Waals surface area contributed by atoms with Gasteiger partial charge in [-0.2, -0.15) is 0 Å². The van der Waals surface area contributed by atoms with Gasteiger partial charge in [-0.3, -0.25) is 0 Å². The lowest BCUT2D eigenvalue weighted by Gasteiger charge is -1.97. The van der Waals surface area contributed by atoms with Gasteiger partial charge in [-0.25, -0.2) is 0 Å². The number of nitrogens with two attached hydrogens (primary N) is 1. The first kappa shape index (κ1) is 8.72. The largest absolute Gasteiger partial charge is 0.355 e. The Morgan fingerprint density at radius 2 is 2.31 bits per heavy atom. The average molecular weight is 241 g/mol. The molecule has 0 aliphatic heterocycles. The first-order valence-corrected chi connectivity index (χ1v) is 4.76. The first-order chi connectivity index (χ1) is 6.22. The summed E-state index contributed by atoms with van der Waals surface area (Å²) in [5.41, 5.74) is 8.31. The number of rotatable bonds is 1. The molecular weight excluding hydrogens is 232 g/mol. The molecule has 0 bridgehead atoms. The van der Waals surface area contributed by atoms with Crippen molar-refractivity contribution in [3.8, 4) is 0 Å². The van der Waals surface area contributed by atoms with Crippen LogP contribution in [0.2, 0.25) is 0 Å². The summed E-state index contributed by atoms with van der Waals surface area (Å²) in [6, 6.07) is 3.96. The standard InChI is InChI=1S/C9H9BrN2O/c1-5-7-2-6(4-11)3-8(10)9(7)13-12-5/h2-3H,4,11H2,1H3. The maximum atomic E-state index is 5.56. The van der Waals surface area contributed by atoms with Crippen LogP contribution >= 0.6 is 15.9 Å². The molecule has 13 heavy (non-hydrogen) atoms. The number of hydrogen-bond acceptors (Lipinski definition) is 3. The van der Waals surface area contributed by atoms with E-state index >= 15 is 0 Å². The molecule has 3 nitrogen and oxygen atoms in total. The van der Waals surface area contributed by atoms with E-state index in [1.165, 1.54) is 0 Å². The third kappa shape index (κ3) is 1.36. The van der Waals surface area contributed by atoms with E-state index in [9.17, 15) is 0 Å². The Balaban J connectivity index is 2.80. The van der Waals surface area contributed by atoms with E-state index in [0.717, 1.165) is 26.7 Å². The normalized spacial score (nSPS) is 11.0. The molecule has 0 saturated heterocycles. The smallest absolute Gasteiger partial charge is 0.181 e. The summed E-state index contributed by atoms with van der Waals surface area (Å²) in [4.78, 5) is 0. The predicted octanol–water partition coefficient (Wildman–Crippen LogP) is 2.36. The summed E-state index contributed by atoms with van der Waals surface area (Å²) in [5, 5.41) is 4.91. The quantitative estimate of drug-likeness (QED) is 0.833. The maximum absolute atomic E-state index is 5.56. The van der Waals surface area contributed by atoms with E-state index in [4.69, 9.17) is 10.3 Å². The highest BCUT2D eigenvalue weighted by molar-refractivity contribution is 9.10. The van der Waals surface area contributed by atoms with Gasteiger partial charge in [0.05, 0.1) is 10.2 Å². The van der Waals surface area contributed by atoms with Gasteiger partial charge < -0.3 is 10.3 Å². The fraction of sp³-hybridized carbons (Fsp3) is 0.222. The average Bonchev–Trinajstić information content (AvgIpc) is 2.48. The third-order valence-electron chi connectivity index (χ3n) is 2.00. The van der Waals surface area contributed by atoms with Gasteiger partial charge in [0.1, 0.15) is 0 Å². The Bertz CT molecular complexity index is 450. The van der Waals surface area contributed by atoms with Gasteiger partial charge in [-0.15, -0.1) is 0 Å². The maximum Gasteiger partial charge on any atom is 0.181 e. The van der Waals surface area contributed by atoms with E-state index in [2.05, 4.69) is 21.1 Å². The van der Waals surface area contributed by atoms with E-state index in [1.807, 2.05) is 19.1 Å². The van der Waals surface area contributed by atoms with Crippen LogP contribution in [-0.2, 0) is 6.54 Å². The predicted molar refractivity (Wildman–Crippen MR) is 54.3 cm³/mol. The molecule has 0 radical (unpaired) electrons. The van der Waals surface area contributed by atoms with Gasteiger partial charge in [-0.05, 0) is 40.5 Å². The zero-order valence-corrected chi connectivity index (χ0v) is 8.76. The summed E-state index contributed by atoms with van der Waals surface area (Å²) in [7, 11) is 0. The van der Waals surface area contributed by atoms with Crippen LogP contribution in [-0.4, -0.2) is 5.16 Å². The minimum atomic E-state index is 0.527. The molecule has 4 heteroatoms. The first-order valence-electron chi connectivity index (χ1n) is 3.97. The lowest BCUT2D eigenvalue weighted by atomic mass is 10.1. The molecule has 0 atom stereocenters. The Hall–Kier alpha value is -0.870. The van der Waals surface area contributed by atoms with E-state index in [0.29, 0.717) is 6.54 Å².